The van der Waals surface area contributed by atoms with Crippen molar-refractivity contribution in [2.45, 2.75) is 69.7 Å². The molecule has 2 aromatic rings. The molecule has 42 heavy (non-hydrogen) atoms. The standard InChI is InChI=1S/C26H34N6O10/c1-12(22(37)31-18(7-8-20(33)34)24(39)30-13(2)26(41)42)29-25(40)19(32-23(38)16(27)10-21(35)36)9-14-11-28-17-6-4-3-5-15(14)17/h3-6,11-13,16,18-19,28H,7-10,27H2,1-2H3,(H,29,40)(H,30,39)(H,31,37)(H,32,38)(H,33,34)(H,35,36)(H,41,42). The van der Waals surface area contributed by atoms with Crippen molar-refractivity contribution in [3.8, 4) is 0 Å². The van der Waals surface area contributed by atoms with E-state index in [4.69, 9.17) is 21.1 Å². The molecule has 5 unspecified atom stereocenters. The molecule has 0 saturated heterocycles. The van der Waals surface area contributed by atoms with Gasteiger partial charge in [-0.05, 0) is 31.9 Å². The Balaban J connectivity index is 2.20. The first-order valence-corrected chi connectivity index (χ1v) is 12.9. The summed E-state index contributed by atoms with van der Waals surface area (Å²) in [5, 5.41) is 37.0. The molecule has 2 rings (SSSR count). The largest absolute Gasteiger partial charge is 0.481 e. The van der Waals surface area contributed by atoms with Gasteiger partial charge in [-0.15, -0.1) is 0 Å². The number of fused-ring (bicyclic) bond motifs is 1. The highest BCUT2D eigenvalue weighted by atomic mass is 16.4. The van der Waals surface area contributed by atoms with Gasteiger partial charge in [-0.2, -0.15) is 0 Å². The van der Waals surface area contributed by atoms with Crippen LogP contribution in [-0.2, 0) is 40.0 Å². The maximum absolute atomic E-state index is 13.3. The second-order valence-electron chi connectivity index (χ2n) is 9.62. The highest BCUT2D eigenvalue weighted by molar-refractivity contribution is 5.96. The lowest BCUT2D eigenvalue weighted by Crippen LogP contribution is -2.58. The average Bonchev–Trinajstić information content (AvgIpc) is 3.32. The van der Waals surface area contributed by atoms with Crippen LogP contribution in [0.3, 0.4) is 0 Å². The van der Waals surface area contributed by atoms with Crippen molar-refractivity contribution in [3.05, 3.63) is 36.0 Å². The molecule has 1 heterocycles. The van der Waals surface area contributed by atoms with E-state index >= 15 is 0 Å². The maximum Gasteiger partial charge on any atom is 0.325 e. The zero-order valence-electron chi connectivity index (χ0n) is 22.9. The summed E-state index contributed by atoms with van der Waals surface area (Å²) in [4.78, 5) is 87.4. The first kappa shape index (κ1) is 33.2. The first-order valence-electron chi connectivity index (χ1n) is 12.9. The van der Waals surface area contributed by atoms with Crippen LogP contribution in [0.15, 0.2) is 30.5 Å². The Bertz CT molecular complexity index is 1340. The number of aromatic amines is 1. The summed E-state index contributed by atoms with van der Waals surface area (Å²) in [6.45, 7) is 2.46. The van der Waals surface area contributed by atoms with Crippen molar-refractivity contribution in [2.75, 3.05) is 0 Å². The number of nitrogens with one attached hydrogen (secondary N) is 5. The molecule has 228 valence electrons. The summed E-state index contributed by atoms with van der Waals surface area (Å²) >= 11 is 0. The molecule has 5 atom stereocenters. The topological polar surface area (TPSA) is 270 Å². The van der Waals surface area contributed by atoms with Crippen molar-refractivity contribution in [3.63, 3.8) is 0 Å². The molecule has 1 aromatic heterocycles. The summed E-state index contributed by atoms with van der Waals surface area (Å²) in [5.41, 5.74) is 7.05. The second-order valence-corrected chi connectivity index (χ2v) is 9.62. The zero-order chi connectivity index (χ0) is 31.6. The SMILES string of the molecule is CC(NC(=O)C(CCC(=O)O)NC(=O)C(C)NC(=O)C(Cc1c[nH]c2ccccc12)NC(=O)C(N)CC(=O)O)C(=O)O. The van der Waals surface area contributed by atoms with Crippen LogP contribution in [0.5, 0.6) is 0 Å². The van der Waals surface area contributed by atoms with Crippen molar-refractivity contribution < 1.29 is 48.9 Å². The summed E-state index contributed by atoms with van der Waals surface area (Å²) in [7, 11) is 0. The maximum atomic E-state index is 13.3. The fraction of sp³-hybridized carbons (Fsp3) is 0.423. The predicted molar refractivity (Wildman–Crippen MR) is 146 cm³/mol. The first-order chi connectivity index (χ1) is 19.7. The number of benzene rings is 1. The van der Waals surface area contributed by atoms with Gasteiger partial charge in [0, 0.05) is 29.9 Å². The zero-order valence-corrected chi connectivity index (χ0v) is 22.9. The van der Waals surface area contributed by atoms with Gasteiger partial charge in [-0.25, -0.2) is 0 Å². The van der Waals surface area contributed by atoms with Crippen LogP contribution in [0.1, 0.15) is 38.7 Å². The van der Waals surface area contributed by atoms with Crippen LogP contribution < -0.4 is 27.0 Å². The van der Waals surface area contributed by atoms with E-state index in [-0.39, 0.29) is 12.8 Å². The Kier molecular flexibility index (Phi) is 12.0. The number of para-hydroxylation sites is 1. The van der Waals surface area contributed by atoms with E-state index in [0.29, 0.717) is 5.56 Å². The Hall–Kier alpha value is -4.99. The Morgan fingerprint density at radius 2 is 1.38 bits per heavy atom. The van der Waals surface area contributed by atoms with Gasteiger partial charge in [-0.3, -0.25) is 33.6 Å². The second kappa shape index (κ2) is 15.1. The number of aromatic nitrogens is 1. The monoisotopic (exact) mass is 590 g/mol. The number of hydrogen-bond acceptors (Lipinski definition) is 8. The van der Waals surface area contributed by atoms with Gasteiger partial charge < -0.3 is 47.3 Å². The number of amides is 4. The lowest BCUT2D eigenvalue weighted by atomic mass is 10.0. The highest BCUT2D eigenvalue weighted by Crippen LogP contribution is 2.19. The quantitative estimate of drug-likeness (QED) is 0.108. The van der Waals surface area contributed by atoms with Gasteiger partial charge in [0.05, 0.1) is 12.5 Å². The van der Waals surface area contributed by atoms with Gasteiger partial charge in [0.15, 0.2) is 0 Å². The Morgan fingerprint density at radius 3 is 2.00 bits per heavy atom. The van der Waals surface area contributed by atoms with Crippen LogP contribution in [-0.4, -0.2) is 92.0 Å². The van der Waals surface area contributed by atoms with E-state index in [2.05, 4.69) is 26.3 Å². The van der Waals surface area contributed by atoms with Crippen molar-refractivity contribution in [1.29, 1.82) is 0 Å². The van der Waals surface area contributed by atoms with Gasteiger partial charge in [0.25, 0.3) is 0 Å². The smallest absolute Gasteiger partial charge is 0.325 e. The number of carboxylic acids is 3. The van der Waals surface area contributed by atoms with Crippen molar-refractivity contribution in [2.24, 2.45) is 5.73 Å². The lowest BCUT2D eigenvalue weighted by molar-refractivity contribution is -0.142. The molecule has 0 bridgehead atoms. The number of aliphatic carboxylic acids is 3. The van der Waals surface area contributed by atoms with Gasteiger partial charge >= 0.3 is 17.9 Å². The minimum Gasteiger partial charge on any atom is -0.481 e. The van der Waals surface area contributed by atoms with Crippen LogP contribution in [0.2, 0.25) is 0 Å². The summed E-state index contributed by atoms with van der Waals surface area (Å²) in [6.07, 6.45) is 0.00347. The summed E-state index contributed by atoms with van der Waals surface area (Å²) < 4.78 is 0. The molecule has 0 spiro atoms. The molecule has 1 aromatic carbocycles. The Labute approximate surface area is 239 Å². The highest BCUT2D eigenvalue weighted by Gasteiger charge is 2.30. The summed E-state index contributed by atoms with van der Waals surface area (Å²) in [6, 6.07) is 0.365. The van der Waals surface area contributed by atoms with Crippen molar-refractivity contribution in [1.82, 2.24) is 26.3 Å². The fourth-order valence-corrected chi connectivity index (χ4v) is 3.88. The molecule has 10 N–H and O–H groups in total. The molecule has 0 fully saturated rings. The number of carbonyl (C=O) groups is 7. The number of hydrogen-bond donors (Lipinski definition) is 9. The number of nitrogens with two attached hydrogens (primary N) is 1. The normalized spacial score (nSPS) is 14.5. The van der Waals surface area contributed by atoms with Crippen LogP contribution >= 0.6 is 0 Å². The van der Waals surface area contributed by atoms with Crippen LogP contribution in [0.25, 0.3) is 10.9 Å². The third-order valence-electron chi connectivity index (χ3n) is 6.22. The van der Waals surface area contributed by atoms with E-state index < -0.39 is 84.6 Å². The van der Waals surface area contributed by atoms with E-state index in [1.54, 1.807) is 30.5 Å². The minimum absolute atomic E-state index is 0.0631. The molecule has 0 saturated carbocycles. The molecule has 4 amide bonds. The van der Waals surface area contributed by atoms with E-state index in [9.17, 15) is 33.6 Å². The third kappa shape index (κ3) is 9.88. The van der Waals surface area contributed by atoms with Crippen molar-refractivity contribution >= 4 is 52.4 Å². The Morgan fingerprint density at radius 1 is 0.786 bits per heavy atom. The lowest BCUT2D eigenvalue weighted by Gasteiger charge is -2.24. The molecular formula is C26H34N6O10. The number of carboxylic acid groups (broad SMARTS) is 3. The number of rotatable bonds is 16. The average molecular weight is 591 g/mol. The predicted octanol–water partition coefficient (Wildman–Crippen LogP) is -1.56. The third-order valence-corrected chi connectivity index (χ3v) is 6.22. The molecule has 0 aliphatic heterocycles. The summed E-state index contributed by atoms with van der Waals surface area (Å²) in [5.74, 6) is -7.49. The molecule has 0 radical (unpaired) electrons. The molecular weight excluding hydrogens is 556 g/mol. The fourth-order valence-electron chi connectivity index (χ4n) is 3.88. The number of H-pyrrole nitrogens is 1. The van der Waals surface area contributed by atoms with Crippen LogP contribution in [0.4, 0.5) is 0 Å². The van der Waals surface area contributed by atoms with E-state index in [1.807, 2.05) is 0 Å². The van der Waals surface area contributed by atoms with Gasteiger partial charge in [-0.1, -0.05) is 18.2 Å². The molecule has 0 aliphatic carbocycles. The van der Waals surface area contributed by atoms with Gasteiger partial charge in [0.2, 0.25) is 23.6 Å². The van der Waals surface area contributed by atoms with Gasteiger partial charge in [0.1, 0.15) is 24.2 Å². The molecule has 0 aliphatic rings. The molecule has 16 heteroatoms. The van der Waals surface area contributed by atoms with Crippen LogP contribution in [0, 0.1) is 0 Å². The number of carbonyl (C=O) groups excluding carboxylic acids is 4. The minimum atomic E-state index is -1.46. The van der Waals surface area contributed by atoms with E-state index in [1.165, 1.54) is 13.8 Å². The molecule has 16 nitrogen and oxygen atoms in total. The van der Waals surface area contributed by atoms with E-state index in [0.717, 1.165) is 10.9 Å².